The maximum Gasteiger partial charge on any atom is 0.0921 e. The van der Waals surface area contributed by atoms with Gasteiger partial charge in [0, 0.05) is 0 Å². The second kappa shape index (κ2) is 4.81. The second-order valence-electron chi connectivity index (χ2n) is 5.85. The number of hydrogen-bond donors (Lipinski definition) is 1. The van der Waals surface area contributed by atoms with Gasteiger partial charge in [0.2, 0.25) is 0 Å². The maximum absolute atomic E-state index is 10.8. The lowest BCUT2D eigenvalue weighted by Crippen LogP contribution is -2.36. The highest BCUT2D eigenvalue weighted by molar-refractivity contribution is 5.29. The lowest BCUT2D eigenvalue weighted by Gasteiger charge is -2.38. The van der Waals surface area contributed by atoms with Gasteiger partial charge in [-0.1, -0.05) is 57.9 Å². The van der Waals surface area contributed by atoms with Gasteiger partial charge in [-0.05, 0) is 35.8 Å². The molecule has 0 aromatic heterocycles. The molecule has 0 heterocycles. The highest BCUT2D eigenvalue weighted by Gasteiger charge is 2.37. The van der Waals surface area contributed by atoms with Gasteiger partial charge in [0.05, 0.1) is 5.60 Å². The molecule has 1 fully saturated rings. The van der Waals surface area contributed by atoms with E-state index >= 15 is 0 Å². The van der Waals surface area contributed by atoms with Crippen molar-refractivity contribution >= 4 is 0 Å². The first kappa shape index (κ1) is 12.6. The molecule has 1 N–H and O–H groups in total. The van der Waals surface area contributed by atoms with Crippen LogP contribution in [0.25, 0.3) is 0 Å². The van der Waals surface area contributed by atoms with Crippen molar-refractivity contribution in [3.05, 3.63) is 35.4 Å². The Kier molecular flexibility index (Phi) is 3.58. The molecule has 2 atom stereocenters. The molecular formula is C16H24O. The SMILES string of the molecule is CC(C)c1ccc(C2(O)CCCCC2C)cc1. The summed E-state index contributed by atoms with van der Waals surface area (Å²) < 4.78 is 0. The van der Waals surface area contributed by atoms with Crippen molar-refractivity contribution in [2.45, 2.75) is 58.0 Å². The predicted octanol–water partition coefficient (Wildman–Crippen LogP) is 4.21. The number of hydrogen-bond acceptors (Lipinski definition) is 1. The molecule has 94 valence electrons. The molecule has 1 aliphatic rings. The molecule has 1 aromatic carbocycles. The largest absolute Gasteiger partial charge is 0.385 e. The van der Waals surface area contributed by atoms with E-state index in [0.29, 0.717) is 11.8 Å². The molecule has 0 amide bonds. The van der Waals surface area contributed by atoms with Gasteiger partial charge in [-0.2, -0.15) is 0 Å². The molecule has 1 heteroatoms. The molecule has 2 rings (SSSR count). The molecule has 0 bridgehead atoms. The van der Waals surface area contributed by atoms with Gasteiger partial charge in [-0.15, -0.1) is 0 Å². The second-order valence-corrected chi connectivity index (χ2v) is 5.85. The Balaban J connectivity index is 2.26. The summed E-state index contributed by atoms with van der Waals surface area (Å²) in [4.78, 5) is 0. The zero-order valence-electron chi connectivity index (χ0n) is 11.2. The van der Waals surface area contributed by atoms with Crippen molar-refractivity contribution in [3.63, 3.8) is 0 Å². The fourth-order valence-electron chi connectivity index (χ4n) is 2.92. The van der Waals surface area contributed by atoms with Crippen LogP contribution in [0.2, 0.25) is 0 Å². The van der Waals surface area contributed by atoms with Crippen molar-refractivity contribution in [3.8, 4) is 0 Å². The van der Waals surface area contributed by atoms with Crippen LogP contribution in [0.5, 0.6) is 0 Å². The number of rotatable bonds is 2. The van der Waals surface area contributed by atoms with E-state index in [2.05, 4.69) is 45.0 Å². The first-order valence-electron chi connectivity index (χ1n) is 6.87. The van der Waals surface area contributed by atoms with Gasteiger partial charge < -0.3 is 5.11 Å². The van der Waals surface area contributed by atoms with Crippen LogP contribution in [0.15, 0.2) is 24.3 Å². The average Bonchev–Trinajstić information content (AvgIpc) is 2.33. The first-order valence-corrected chi connectivity index (χ1v) is 6.87. The quantitative estimate of drug-likeness (QED) is 0.810. The minimum Gasteiger partial charge on any atom is -0.385 e. The van der Waals surface area contributed by atoms with Crippen molar-refractivity contribution in [2.75, 3.05) is 0 Å². The molecule has 1 nitrogen and oxygen atoms in total. The summed E-state index contributed by atoms with van der Waals surface area (Å²) in [6.45, 7) is 6.58. The molecule has 1 aromatic rings. The Morgan fingerprint density at radius 3 is 2.35 bits per heavy atom. The fourth-order valence-corrected chi connectivity index (χ4v) is 2.92. The summed E-state index contributed by atoms with van der Waals surface area (Å²) in [5.74, 6) is 0.934. The summed E-state index contributed by atoms with van der Waals surface area (Å²) in [5.41, 5.74) is 1.86. The number of aliphatic hydroxyl groups is 1. The summed E-state index contributed by atoms with van der Waals surface area (Å²) in [7, 11) is 0. The van der Waals surface area contributed by atoms with Gasteiger partial charge in [-0.3, -0.25) is 0 Å². The molecule has 0 saturated heterocycles. The summed E-state index contributed by atoms with van der Waals surface area (Å²) in [6.07, 6.45) is 4.46. The standard InChI is InChI=1S/C16H24O/c1-12(2)14-7-9-15(10-8-14)16(17)11-5-4-6-13(16)3/h7-10,12-13,17H,4-6,11H2,1-3H3. The van der Waals surface area contributed by atoms with Crippen LogP contribution >= 0.6 is 0 Å². The summed E-state index contributed by atoms with van der Waals surface area (Å²) >= 11 is 0. The van der Waals surface area contributed by atoms with Gasteiger partial charge in [0.25, 0.3) is 0 Å². The Labute approximate surface area is 105 Å². The normalized spacial score (nSPS) is 29.6. The Morgan fingerprint density at radius 1 is 1.18 bits per heavy atom. The van der Waals surface area contributed by atoms with Crippen LogP contribution in [0.4, 0.5) is 0 Å². The van der Waals surface area contributed by atoms with Crippen molar-refractivity contribution in [2.24, 2.45) is 5.92 Å². The van der Waals surface area contributed by atoms with Crippen molar-refractivity contribution in [1.82, 2.24) is 0 Å². The molecule has 1 saturated carbocycles. The Bertz CT molecular complexity index is 366. The Morgan fingerprint density at radius 2 is 1.82 bits per heavy atom. The highest BCUT2D eigenvalue weighted by Crippen LogP contribution is 2.41. The van der Waals surface area contributed by atoms with E-state index in [4.69, 9.17) is 0 Å². The van der Waals surface area contributed by atoms with Crippen LogP contribution in [-0.2, 0) is 5.60 Å². The number of benzene rings is 1. The molecule has 0 aliphatic heterocycles. The topological polar surface area (TPSA) is 20.2 Å². The predicted molar refractivity (Wildman–Crippen MR) is 72.1 cm³/mol. The van der Waals surface area contributed by atoms with E-state index in [1.807, 2.05) is 0 Å². The molecular weight excluding hydrogens is 208 g/mol. The monoisotopic (exact) mass is 232 g/mol. The lowest BCUT2D eigenvalue weighted by molar-refractivity contribution is -0.0469. The van der Waals surface area contributed by atoms with Gasteiger partial charge >= 0.3 is 0 Å². The maximum atomic E-state index is 10.8. The van der Waals surface area contributed by atoms with Crippen LogP contribution in [0.1, 0.15) is 63.5 Å². The molecule has 1 aliphatic carbocycles. The minimum absolute atomic E-state index is 0.376. The highest BCUT2D eigenvalue weighted by atomic mass is 16.3. The van der Waals surface area contributed by atoms with Gasteiger partial charge in [-0.25, -0.2) is 0 Å². The summed E-state index contributed by atoms with van der Waals surface area (Å²) in [6, 6.07) is 8.58. The molecule has 0 spiro atoms. The molecule has 17 heavy (non-hydrogen) atoms. The Hall–Kier alpha value is -0.820. The zero-order chi connectivity index (χ0) is 12.5. The minimum atomic E-state index is -0.590. The summed E-state index contributed by atoms with van der Waals surface area (Å²) in [5, 5.41) is 10.8. The van der Waals surface area contributed by atoms with E-state index in [1.165, 1.54) is 12.0 Å². The first-order chi connectivity index (χ1) is 8.04. The zero-order valence-corrected chi connectivity index (χ0v) is 11.2. The smallest absolute Gasteiger partial charge is 0.0921 e. The van der Waals surface area contributed by atoms with E-state index < -0.39 is 5.60 Å². The third kappa shape index (κ3) is 2.40. The van der Waals surface area contributed by atoms with Crippen LogP contribution < -0.4 is 0 Å². The van der Waals surface area contributed by atoms with Crippen molar-refractivity contribution in [1.29, 1.82) is 0 Å². The van der Waals surface area contributed by atoms with E-state index in [-0.39, 0.29) is 0 Å². The molecule has 0 radical (unpaired) electrons. The third-order valence-corrected chi connectivity index (χ3v) is 4.34. The fraction of sp³-hybridized carbons (Fsp3) is 0.625. The van der Waals surface area contributed by atoms with Gasteiger partial charge in [0.1, 0.15) is 0 Å². The van der Waals surface area contributed by atoms with Gasteiger partial charge in [0.15, 0.2) is 0 Å². The van der Waals surface area contributed by atoms with Crippen molar-refractivity contribution < 1.29 is 5.11 Å². The van der Waals surface area contributed by atoms with E-state index in [1.54, 1.807) is 0 Å². The van der Waals surface area contributed by atoms with Crippen LogP contribution in [0, 0.1) is 5.92 Å². The van der Waals surface area contributed by atoms with E-state index in [9.17, 15) is 5.11 Å². The average molecular weight is 232 g/mol. The van der Waals surface area contributed by atoms with Crippen LogP contribution in [-0.4, -0.2) is 5.11 Å². The third-order valence-electron chi connectivity index (χ3n) is 4.34. The van der Waals surface area contributed by atoms with E-state index in [0.717, 1.165) is 24.8 Å². The molecule has 2 unspecified atom stereocenters. The van der Waals surface area contributed by atoms with Crippen LogP contribution in [0.3, 0.4) is 0 Å². The lowest BCUT2D eigenvalue weighted by atomic mass is 9.72.